The minimum Gasteiger partial charge on any atom is -0.503 e. The Bertz CT molecular complexity index is 3110. The summed E-state index contributed by atoms with van der Waals surface area (Å²) in [6, 6.07) is 37.8. The monoisotopic (exact) mass is 1130 g/mol. The number of aryl methyl sites for hydroxylation is 1. The zero-order chi connectivity index (χ0) is 50.5. The van der Waals surface area contributed by atoms with Gasteiger partial charge in [-0.1, -0.05) is 202 Å². The summed E-state index contributed by atoms with van der Waals surface area (Å²) in [4.78, 5) is 13.5. The van der Waals surface area contributed by atoms with Gasteiger partial charge in [0.25, 0.3) is 0 Å². The molecular formula is C65H78N4OPt. The first kappa shape index (κ1) is 52.3. The third-order valence-electron chi connectivity index (χ3n) is 15.7. The number of aliphatic imine (C=N–C) groups is 1. The van der Waals surface area contributed by atoms with Gasteiger partial charge in [0.15, 0.2) is 0 Å². The molecule has 0 unspecified atom stereocenters. The molecule has 0 aliphatic carbocycles. The number of para-hydroxylation sites is 1. The summed E-state index contributed by atoms with van der Waals surface area (Å²) in [6.07, 6.45) is 1.92. The summed E-state index contributed by atoms with van der Waals surface area (Å²) in [7, 11) is 0. The molecule has 2 aromatic heterocycles. The normalized spacial score (nSPS) is 15.6. The molecule has 0 saturated carbocycles. The molecule has 0 spiro atoms. The van der Waals surface area contributed by atoms with E-state index < -0.39 is 0 Å². The van der Waals surface area contributed by atoms with Gasteiger partial charge in [-0.15, -0.1) is 28.6 Å². The van der Waals surface area contributed by atoms with Crippen molar-refractivity contribution < 1.29 is 25.8 Å². The molecule has 4 heterocycles. The number of nitrogens with zero attached hydrogens (tertiary/aromatic N) is 4. The second-order valence-corrected chi connectivity index (χ2v) is 24.2. The summed E-state index contributed by atoms with van der Waals surface area (Å²) >= 11 is 0. The minimum absolute atomic E-state index is 0. The van der Waals surface area contributed by atoms with Gasteiger partial charge in [-0.25, -0.2) is 4.98 Å². The number of amidine groups is 1. The molecule has 9 rings (SSSR count). The Morgan fingerprint density at radius 1 is 0.690 bits per heavy atom. The largest absolute Gasteiger partial charge is 2.00 e. The van der Waals surface area contributed by atoms with E-state index in [1.165, 1.54) is 61.1 Å². The summed E-state index contributed by atoms with van der Waals surface area (Å²) in [5.74, 6) is 5.86. The van der Waals surface area contributed by atoms with E-state index in [4.69, 9.17) is 14.7 Å². The first-order valence-electron chi connectivity index (χ1n) is 26.4. The van der Waals surface area contributed by atoms with Crippen molar-refractivity contribution in [3.63, 3.8) is 0 Å². The van der Waals surface area contributed by atoms with Crippen LogP contribution in [0.5, 0.6) is 11.5 Å². The number of fused-ring (bicyclic) bond motifs is 5. The molecule has 5 aromatic carbocycles. The number of aromatic nitrogens is 2. The zero-order valence-electron chi connectivity index (χ0n) is 45.9. The molecule has 0 fully saturated rings. The van der Waals surface area contributed by atoms with E-state index in [0.717, 1.165) is 45.8 Å². The predicted molar refractivity (Wildman–Crippen MR) is 297 cm³/mol. The van der Waals surface area contributed by atoms with E-state index >= 15 is 0 Å². The van der Waals surface area contributed by atoms with E-state index in [1.807, 2.05) is 6.20 Å². The molecule has 6 heteroatoms. The van der Waals surface area contributed by atoms with Crippen LogP contribution in [-0.2, 0) is 31.9 Å². The Balaban J connectivity index is 0.00000676. The third-order valence-corrected chi connectivity index (χ3v) is 15.7. The van der Waals surface area contributed by atoms with Gasteiger partial charge in [0.2, 0.25) is 0 Å². The Hall–Kier alpha value is -4.99. The number of anilines is 1. The SMILES string of the molecule is Cc1cc2c3cc(C(C)(C)C)cc4c3n(c2[c-]c1Oc1[c-]c(C2=N[C@H](C(C(C)C)C(C)C)CN2c2c(C(C)C)cccc2C(C)C)cc(-c2c(C(C)C)cccc2C(C)C)c1)-c1ncccc1C4(C)C.[Pt+2]. The topological polar surface area (TPSA) is 42.6 Å². The van der Waals surface area contributed by atoms with Crippen molar-refractivity contribution in [1.29, 1.82) is 0 Å². The maximum absolute atomic E-state index is 7.33. The maximum atomic E-state index is 7.33. The van der Waals surface area contributed by atoms with Crippen molar-refractivity contribution in [3.8, 4) is 28.4 Å². The van der Waals surface area contributed by atoms with Gasteiger partial charge in [0, 0.05) is 46.4 Å². The minimum atomic E-state index is -0.249. The van der Waals surface area contributed by atoms with Crippen LogP contribution in [0, 0.1) is 36.8 Å². The summed E-state index contributed by atoms with van der Waals surface area (Å²) in [5.41, 5.74) is 16.7. The van der Waals surface area contributed by atoms with Crippen LogP contribution in [0.4, 0.5) is 5.69 Å². The number of rotatable bonds is 12. The van der Waals surface area contributed by atoms with Crippen LogP contribution in [-0.4, -0.2) is 28.0 Å². The number of hydrogen-bond donors (Lipinski definition) is 0. The van der Waals surface area contributed by atoms with Gasteiger partial charge in [-0.05, 0) is 97.2 Å². The third kappa shape index (κ3) is 9.14. The standard InChI is InChI=1S/C65H78N4O.Pt/c1-36(2)47-22-19-23-48(37(3)4)59(47)43-29-44(62-67-55(58(40(9)10)41(11)12)35-68(62)60-49(38(5)6)24-20-25-50(60)39(7)8)31-46(30-43)70-57-34-56-51(28-42(57)13)52-32-45(64(14,15)16)33-54-61(52)69(56)63-53(65(54,17)18)26-21-27-66-63;/h19-30,32-33,36-41,55,58H,35H2,1-18H3;/q-2;+2/t55-;/m0./s1. The Labute approximate surface area is 441 Å². The maximum Gasteiger partial charge on any atom is 2.00 e. The number of ether oxygens (including phenoxy) is 1. The predicted octanol–water partition coefficient (Wildman–Crippen LogP) is 17.5. The second kappa shape index (κ2) is 19.5. The average Bonchev–Trinajstić information content (AvgIpc) is 3.86. The quantitative estimate of drug-likeness (QED) is 0.115. The molecule has 2 aliphatic rings. The first-order valence-corrected chi connectivity index (χ1v) is 26.4. The molecule has 0 saturated heterocycles. The van der Waals surface area contributed by atoms with Crippen LogP contribution in [0.15, 0.2) is 90.1 Å². The van der Waals surface area contributed by atoms with E-state index in [2.05, 4.69) is 225 Å². The molecule has 2 aliphatic heterocycles. The molecule has 7 aromatic rings. The Morgan fingerprint density at radius 3 is 1.85 bits per heavy atom. The Kier molecular flexibility index (Phi) is 14.3. The van der Waals surface area contributed by atoms with Crippen molar-refractivity contribution >= 4 is 33.3 Å². The van der Waals surface area contributed by atoms with Crippen LogP contribution < -0.4 is 9.64 Å². The van der Waals surface area contributed by atoms with Gasteiger partial charge in [-0.3, -0.25) is 0 Å². The van der Waals surface area contributed by atoms with Crippen molar-refractivity contribution in [1.82, 2.24) is 9.55 Å². The molecule has 0 radical (unpaired) electrons. The van der Waals surface area contributed by atoms with Crippen molar-refractivity contribution in [2.45, 2.75) is 165 Å². The van der Waals surface area contributed by atoms with Gasteiger partial charge < -0.3 is 19.2 Å². The van der Waals surface area contributed by atoms with Crippen LogP contribution in [0.2, 0.25) is 0 Å². The summed E-state index contributed by atoms with van der Waals surface area (Å²) < 4.78 is 9.68. The number of hydrogen-bond acceptors (Lipinski definition) is 4. The number of pyridine rings is 1. The molecule has 0 bridgehead atoms. The van der Waals surface area contributed by atoms with Gasteiger partial charge in [0.05, 0.1) is 11.9 Å². The molecule has 374 valence electrons. The molecule has 1 atom stereocenters. The van der Waals surface area contributed by atoms with E-state index in [-0.39, 0.29) is 37.9 Å². The van der Waals surface area contributed by atoms with Gasteiger partial charge in [-0.2, -0.15) is 6.07 Å². The Morgan fingerprint density at radius 2 is 1.28 bits per heavy atom. The molecule has 0 N–H and O–H groups in total. The van der Waals surface area contributed by atoms with Crippen LogP contribution in [0.3, 0.4) is 0 Å². The molecule has 0 amide bonds. The van der Waals surface area contributed by atoms with Gasteiger partial charge >= 0.3 is 21.1 Å². The van der Waals surface area contributed by atoms with Crippen LogP contribution in [0.1, 0.15) is 191 Å². The fourth-order valence-corrected chi connectivity index (χ4v) is 12.1. The van der Waals surface area contributed by atoms with Gasteiger partial charge in [0.1, 0.15) is 5.82 Å². The van der Waals surface area contributed by atoms with E-state index in [1.54, 1.807) is 0 Å². The molecule has 5 nitrogen and oxygen atoms in total. The summed E-state index contributed by atoms with van der Waals surface area (Å²) in [6.45, 7) is 42.6. The second-order valence-electron chi connectivity index (χ2n) is 24.2. The van der Waals surface area contributed by atoms with E-state index in [9.17, 15) is 0 Å². The molecular weight excluding hydrogens is 1050 g/mol. The average molecular weight is 1130 g/mol. The molecule has 71 heavy (non-hydrogen) atoms. The van der Waals surface area contributed by atoms with Crippen molar-refractivity contribution in [3.05, 3.63) is 147 Å². The zero-order valence-corrected chi connectivity index (χ0v) is 48.2. The van der Waals surface area contributed by atoms with Crippen molar-refractivity contribution in [2.75, 3.05) is 11.4 Å². The summed E-state index contributed by atoms with van der Waals surface area (Å²) in [5, 5.41) is 2.39. The van der Waals surface area contributed by atoms with Crippen LogP contribution >= 0.6 is 0 Å². The smallest absolute Gasteiger partial charge is 0.503 e. The number of benzene rings is 5. The first-order chi connectivity index (χ1) is 33.0. The van der Waals surface area contributed by atoms with Crippen molar-refractivity contribution in [2.24, 2.45) is 22.7 Å². The fraction of sp³-hybridized carbons (Fsp3) is 0.446. The van der Waals surface area contributed by atoms with Crippen LogP contribution in [0.25, 0.3) is 38.8 Å². The fourth-order valence-electron chi connectivity index (χ4n) is 12.1. The van der Waals surface area contributed by atoms with E-state index in [0.29, 0.717) is 52.9 Å².